The van der Waals surface area contributed by atoms with Crippen molar-refractivity contribution in [1.82, 2.24) is 0 Å². The Labute approximate surface area is 109 Å². The fourth-order valence-electron chi connectivity index (χ4n) is 1.81. The topological polar surface area (TPSA) is 113 Å². The van der Waals surface area contributed by atoms with Crippen molar-refractivity contribution < 1.29 is 9.85 Å². The maximum absolute atomic E-state index is 11.0. The zero-order valence-corrected chi connectivity index (χ0v) is 10.5. The van der Waals surface area contributed by atoms with Crippen molar-refractivity contribution in [2.24, 2.45) is 0 Å². The number of nitrogens with zero attached hydrogens (tertiary/aromatic N) is 4. The van der Waals surface area contributed by atoms with E-state index < -0.39 is 21.2 Å². The number of benzene rings is 1. The number of hydrogen-bond donors (Lipinski definition) is 0. The van der Waals surface area contributed by atoms with E-state index >= 15 is 0 Å². The molecule has 100 valence electrons. The molecule has 0 aliphatic rings. The predicted octanol–water partition coefficient (Wildman–Crippen LogP) is 2.22. The van der Waals surface area contributed by atoms with Crippen molar-refractivity contribution in [2.45, 2.75) is 13.8 Å². The van der Waals surface area contributed by atoms with Gasteiger partial charge in [-0.1, -0.05) is 0 Å². The number of rotatable bonds is 5. The van der Waals surface area contributed by atoms with Gasteiger partial charge in [-0.15, -0.1) is 0 Å². The monoisotopic (exact) mass is 264 g/mol. The molecule has 0 amide bonds. The van der Waals surface area contributed by atoms with Crippen LogP contribution in [-0.4, -0.2) is 22.9 Å². The lowest BCUT2D eigenvalue weighted by Gasteiger charge is -2.21. The largest absolute Gasteiger partial charge is 0.365 e. The van der Waals surface area contributed by atoms with E-state index in [2.05, 4.69) is 0 Å². The highest BCUT2D eigenvalue weighted by Crippen LogP contribution is 2.35. The van der Waals surface area contributed by atoms with Crippen LogP contribution < -0.4 is 4.90 Å². The van der Waals surface area contributed by atoms with Gasteiger partial charge < -0.3 is 4.90 Å². The second-order valence-corrected chi connectivity index (χ2v) is 3.66. The Morgan fingerprint density at radius 2 is 1.79 bits per heavy atom. The summed E-state index contributed by atoms with van der Waals surface area (Å²) in [6, 6.07) is 3.72. The molecule has 0 N–H and O–H groups in total. The predicted molar refractivity (Wildman–Crippen MR) is 68.0 cm³/mol. The van der Waals surface area contributed by atoms with Gasteiger partial charge in [0.2, 0.25) is 0 Å². The normalized spacial score (nSPS) is 9.74. The fraction of sp³-hybridized carbons (Fsp3) is 0.364. The maximum atomic E-state index is 11.0. The van der Waals surface area contributed by atoms with Crippen molar-refractivity contribution in [2.75, 3.05) is 18.0 Å². The molecule has 0 atom stereocenters. The minimum Gasteiger partial charge on any atom is -0.365 e. The number of hydrogen-bond acceptors (Lipinski definition) is 6. The Bertz CT molecular complexity index is 561. The van der Waals surface area contributed by atoms with E-state index in [1.807, 2.05) is 0 Å². The van der Waals surface area contributed by atoms with Crippen LogP contribution in [0.15, 0.2) is 12.1 Å². The van der Waals surface area contributed by atoms with E-state index in [0.29, 0.717) is 13.1 Å². The quantitative estimate of drug-likeness (QED) is 0.595. The highest BCUT2D eigenvalue weighted by Gasteiger charge is 2.26. The first-order valence-electron chi connectivity index (χ1n) is 5.58. The average Bonchev–Trinajstić information content (AvgIpc) is 2.39. The fourth-order valence-corrected chi connectivity index (χ4v) is 1.81. The van der Waals surface area contributed by atoms with E-state index in [4.69, 9.17) is 5.26 Å². The molecule has 0 spiro atoms. The highest BCUT2D eigenvalue weighted by molar-refractivity contribution is 5.74. The van der Waals surface area contributed by atoms with E-state index in [1.165, 1.54) is 0 Å². The van der Waals surface area contributed by atoms with Gasteiger partial charge in [0.15, 0.2) is 0 Å². The lowest BCUT2D eigenvalue weighted by molar-refractivity contribution is -0.393. The third-order valence-electron chi connectivity index (χ3n) is 2.68. The Kier molecular flexibility index (Phi) is 4.36. The summed E-state index contributed by atoms with van der Waals surface area (Å²) >= 11 is 0. The van der Waals surface area contributed by atoms with Crippen LogP contribution in [0, 0.1) is 31.6 Å². The Balaban J connectivity index is 3.64. The molecule has 0 radical (unpaired) electrons. The summed E-state index contributed by atoms with van der Waals surface area (Å²) in [5.41, 5.74) is -0.818. The summed E-state index contributed by atoms with van der Waals surface area (Å²) in [5.74, 6) is 0. The summed E-state index contributed by atoms with van der Waals surface area (Å²) in [7, 11) is 0. The molecule has 1 aromatic carbocycles. The first-order valence-corrected chi connectivity index (χ1v) is 5.58. The van der Waals surface area contributed by atoms with E-state index in [0.717, 1.165) is 12.1 Å². The molecule has 0 saturated heterocycles. The second-order valence-electron chi connectivity index (χ2n) is 3.66. The lowest BCUT2D eigenvalue weighted by Crippen LogP contribution is -2.24. The standard InChI is InChI=1S/C11H12N4O4/c1-3-13(4-2)11-8(7-12)5-9(14(16)17)6-10(11)15(18)19/h5-6H,3-4H2,1-2H3. The van der Waals surface area contributed by atoms with Crippen LogP contribution in [0.3, 0.4) is 0 Å². The molecule has 1 aromatic rings. The average molecular weight is 264 g/mol. The molecule has 0 aromatic heterocycles. The van der Waals surface area contributed by atoms with Crippen LogP contribution in [0.1, 0.15) is 19.4 Å². The third-order valence-corrected chi connectivity index (χ3v) is 2.68. The summed E-state index contributed by atoms with van der Waals surface area (Å²) in [6.07, 6.45) is 0. The molecule has 0 aliphatic heterocycles. The summed E-state index contributed by atoms with van der Waals surface area (Å²) in [5, 5.41) is 30.8. The van der Waals surface area contributed by atoms with Crippen LogP contribution in [0.5, 0.6) is 0 Å². The van der Waals surface area contributed by atoms with Gasteiger partial charge in [-0.3, -0.25) is 20.2 Å². The smallest absolute Gasteiger partial charge is 0.300 e. The number of non-ortho nitro benzene ring substituents is 1. The van der Waals surface area contributed by atoms with Gasteiger partial charge >= 0.3 is 5.69 Å². The molecular weight excluding hydrogens is 252 g/mol. The highest BCUT2D eigenvalue weighted by atomic mass is 16.6. The molecule has 0 saturated carbocycles. The second kappa shape index (κ2) is 5.77. The van der Waals surface area contributed by atoms with Gasteiger partial charge in [-0.25, -0.2) is 0 Å². The molecule has 0 fully saturated rings. The first kappa shape index (κ1) is 14.4. The van der Waals surface area contributed by atoms with Gasteiger partial charge in [0, 0.05) is 19.2 Å². The van der Waals surface area contributed by atoms with Gasteiger partial charge in [-0.2, -0.15) is 5.26 Å². The van der Waals surface area contributed by atoms with Crippen LogP contribution in [0.25, 0.3) is 0 Å². The number of nitriles is 1. The molecular formula is C11H12N4O4. The molecule has 19 heavy (non-hydrogen) atoms. The van der Waals surface area contributed by atoms with Gasteiger partial charge in [0.1, 0.15) is 11.8 Å². The van der Waals surface area contributed by atoms with Gasteiger partial charge in [0.25, 0.3) is 5.69 Å². The van der Waals surface area contributed by atoms with Crippen molar-refractivity contribution in [1.29, 1.82) is 5.26 Å². The molecule has 1 rings (SSSR count). The van der Waals surface area contributed by atoms with E-state index in [-0.39, 0.29) is 11.3 Å². The third kappa shape index (κ3) is 2.77. The maximum Gasteiger partial charge on any atom is 0.300 e. The van der Waals surface area contributed by atoms with E-state index in [1.54, 1.807) is 24.8 Å². The minimum atomic E-state index is -0.750. The van der Waals surface area contributed by atoms with Gasteiger partial charge in [-0.05, 0) is 13.8 Å². The van der Waals surface area contributed by atoms with Crippen molar-refractivity contribution in [3.8, 4) is 6.07 Å². The number of anilines is 1. The van der Waals surface area contributed by atoms with Crippen LogP contribution in [0.2, 0.25) is 0 Å². The molecule has 0 unspecified atom stereocenters. The molecule has 0 aliphatic carbocycles. The van der Waals surface area contributed by atoms with Crippen molar-refractivity contribution in [3.63, 3.8) is 0 Å². The summed E-state index contributed by atoms with van der Waals surface area (Å²) < 4.78 is 0. The SMILES string of the molecule is CCN(CC)c1c(C#N)cc([N+](=O)[O-])cc1[N+](=O)[O-]. The molecule has 0 heterocycles. The number of nitro benzene ring substituents is 2. The molecule has 8 nitrogen and oxygen atoms in total. The molecule has 0 bridgehead atoms. The van der Waals surface area contributed by atoms with Crippen LogP contribution >= 0.6 is 0 Å². The zero-order valence-electron chi connectivity index (χ0n) is 10.5. The Morgan fingerprint density at radius 1 is 1.21 bits per heavy atom. The zero-order chi connectivity index (χ0) is 14.6. The summed E-state index contributed by atoms with van der Waals surface area (Å²) in [4.78, 5) is 21.9. The van der Waals surface area contributed by atoms with Crippen LogP contribution in [0.4, 0.5) is 17.1 Å². The Hall–Kier alpha value is -2.69. The first-order chi connectivity index (χ1) is 8.96. The Morgan fingerprint density at radius 3 is 2.16 bits per heavy atom. The number of nitro groups is 2. The molecule has 8 heteroatoms. The van der Waals surface area contributed by atoms with Crippen molar-refractivity contribution in [3.05, 3.63) is 37.9 Å². The lowest BCUT2D eigenvalue weighted by atomic mass is 10.1. The van der Waals surface area contributed by atoms with Gasteiger partial charge in [0.05, 0.1) is 21.5 Å². The van der Waals surface area contributed by atoms with E-state index in [9.17, 15) is 20.2 Å². The van der Waals surface area contributed by atoms with Crippen molar-refractivity contribution >= 4 is 17.1 Å². The van der Waals surface area contributed by atoms with Crippen LogP contribution in [-0.2, 0) is 0 Å². The minimum absolute atomic E-state index is 0.0652. The summed E-state index contributed by atoms with van der Waals surface area (Å²) in [6.45, 7) is 4.50.